The van der Waals surface area contributed by atoms with Crippen LogP contribution < -0.4 is 10.0 Å². The van der Waals surface area contributed by atoms with Crippen LogP contribution in [-0.4, -0.2) is 25.4 Å². The number of nitrogens with zero attached hydrogens (tertiary/aromatic N) is 1. The highest BCUT2D eigenvalue weighted by Crippen LogP contribution is 2.26. The van der Waals surface area contributed by atoms with E-state index in [1.807, 2.05) is 0 Å². The van der Waals surface area contributed by atoms with Crippen LogP contribution in [0.15, 0.2) is 58.8 Å². The number of carbonyl (C=O) groups excluding carboxylic acids is 1. The summed E-state index contributed by atoms with van der Waals surface area (Å²) in [6.45, 7) is 0.224. The molecule has 0 saturated heterocycles. The van der Waals surface area contributed by atoms with Crippen LogP contribution in [0.2, 0.25) is 0 Å². The number of thiazole rings is 1. The standard InChI is InChI=1S/C20H18FN3O3S2/c21-17-4-2-1-3-16(17)20-23-18(12-28-20)19(25)22-11-13-5-9-15(10-6-13)29(26,27)24-14-7-8-14/h1-6,9-10,12,14,24H,7-8,11H2,(H,22,25). The van der Waals surface area contributed by atoms with E-state index in [1.165, 1.54) is 29.5 Å². The largest absolute Gasteiger partial charge is 0.347 e. The number of hydrogen-bond donors (Lipinski definition) is 2. The Bertz CT molecular complexity index is 1140. The van der Waals surface area contributed by atoms with Crippen molar-refractivity contribution in [3.8, 4) is 10.6 Å². The third-order valence-electron chi connectivity index (χ3n) is 4.43. The highest BCUT2D eigenvalue weighted by molar-refractivity contribution is 7.89. The Kier molecular flexibility index (Phi) is 5.44. The molecule has 1 saturated carbocycles. The van der Waals surface area contributed by atoms with Crippen molar-refractivity contribution in [1.82, 2.24) is 15.0 Å². The second kappa shape index (κ2) is 8.02. The molecule has 2 aromatic carbocycles. The molecular weight excluding hydrogens is 413 g/mol. The number of carbonyl (C=O) groups is 1. The van der Waals surface area contributed by atoms with Crippen molar-refractivity contribution in [2.24, 2.45) is 0 Å². The van der Waals surface area contributed by atoms with Crippen LogP contribution in [0.1, 0.15) is 28.9 Å². The number of benzene rings is 2. The van der Waals surface area contributed by atoms with Gasteiger partial charge in [0.1, 0.15) is 16.5 Å². The SMILES string of the molecule is O=C(NCc1ccc(S(=O)(=O)NC2CC2)cc1)c1csc(-c2ccccc2F)n1. The molecule has 4 rings (SSSR count). The first-order valence-corrected chi connectivity index (χ1v) is 11.4. The molecule has 0 aliphatic heterocycles. The van der Waals surface area contributed by atoms with E-state index in [9.17, 15) is 17.6 Å². The lowest BCUT2D eigenvalue weighted by atomic mass is 10.2. The third kappa shape index (κ3) is 4.69. The van der Waals surface area contributed by atoms with Crippen molar-refractivity contribution in [1.29, 1.82) is 0 Å². The summed E-state index contributed by atoms with van der Waals surface area (Å²) >= 11 is 1.20. The Morgan fingerprint density at radius 2 is 1.86 bits per heavy atom. The summed E-state index contributed by atoms with van der Waals surface area (Å²) < 4.78 is 40.8. The van der Waals surface area contributed by atoms with Crippen LogP contribution in [0.25, 0.3) is 10.6 Å². The normalized spacial score (nSPS) is 14.0. The smallest absolute Gasteiger partial charge is 0.271 e. The minimum Gasteiger partial charge on any atom is -0.347 e. The van der Waals surface area contributed by atoms with Gasteiger partial charge in [-0.2, -0.15) is 0 Å². The van der Waals surface area contributed by atoms with Crippen LogP contribution in [0, 0.1) is 5.82 Å². The summed E-state index contributed by atoms with van der Waals surface area (Å²) in [6.07, 6.45) is 1.75. The fourth-order valence-corrected chi connectivity index (χ4v) is 4.82. The molecule has 9 heteroatoms. The Balaban J connectivity index is 1.38. The van der Waals surface area contributed by atoms with Gasteiger partial charge in [0.2, 0.25) is 10.0 Å². The molecule has 0 atom stereocenters. The second-order valence-corrected chi connectivity index (χ2v) is 9.31. The summed E-state index contributed by atoms with van der Waals surface area (Å²) in [5.74, 6) is -0.768. The molecule has 1 fully saturated rings. The number of nitrogens with one attached hydrogen (secondary N) is 2. The minimum absolute atomic E-state index is 0.0475. The first-order valence-electron chi connectivity index (χ1n) is 9.02. The third-order valence-corrected chi connectivity index (χ3v) is 6.84. The van der Waals surface area contributed by atoms with Gasteiger partial charge in [0, 0.05) is 23.5 Å². The van der Waals surface area contributed by atoms with Crippen molar-refractivity contribution >= 4 is 27.3 Å². The molecule has 0 spiro atoms. The zero-order valence-electron chi connectivity index (χ0n) is 15.3. The molecule has 150 valence electrons. The number of halogens is 1. The van der Waals surface area contributed by atoms with Crippen molar-refractivity contribution in [2.45, 2.75) is 30.3 Å². The van der Waals surface area contributed by atoms with Crippen LogP contribution >= 0.6 is 11.3 Å². The molecule has 0 bridgehead atoms. The van der Waals surface area contributed by atoms with Gasteiger partial charge in [-0.05, 0) is 42.7 Å². The Morgan fingerprint density at radius 3 is 2.55 bits per heavy atom. The maximum atomic E-state index is 13.9. The molecule has 6 nitrogen and oxygen atoms in total. The Hall–Kier alpha value is -2.62. The van der Waals surface area contributed by atoms with Gasteiger partial charge in [-0.3, -0.25) is 4.79 Å². The maximum Gasteiger partial charge on any atom is 0.271 e. The summed E-state index contributed by atoms with van der Waals surface area (Å²) in [5, 5.41) is 4.76. The van der Waals surface area contributed by atoms with Gasteiger partial charge in [-0.15, -0.1) is 11.3 Å². The quantitative estimate of drug-likeness (QED) is 0.601. The molecule has 1 aromatic heterocycles. The van der Waals surface area contributed by atoms with Gasteiger partial charge in [-0.1, -0.05) is 24.3 Å². The summed E-state index contributed by atoms with van der Waals surface area (Å²) in [5.41, 5.74) is 1.32. The molecule has 2 N–H and O–H groups in total. The van der Waals surface area contributed by atoms with Crippen molar-refractivity contribution in [2.75, 3.05) is 0 Å². The lowest BCUT2D eigenvalue weighted by Gasteiger charge is -2.07. The topological polar surface area (TPSA) is 88.2 Å². The number of rotatable bonds is 7. The summed E-state index contributed by atoms with van der Waals surface area (Å²) in [6, 6.07) is 12.7. The number of hydrogen-bond acceptors (Lipinski definition) is 5. The molecule has 0 unspecified atom stereocenters. The second-order valence-electron chi connectivity index (χ2n) is 6.74. The predicted octanol–water partition coefficient (Wildman–Crippen LogP) is 3.32. The zero-order chi connectivity index (χ0) is 20.4. The molecular formula is C20H18FN3O3S2. The Morgan fingerprint density at radius 1 is 1.14 bits per heavy atom. The highest BCUT2D eigenvalue weighted by Gasteiger charge is 2.27. The molecule has 1 heterocycles. The van der Waals surface area contributed by atoms with Crippen molar-refractivity contribution < 1.29 is 17.6 Å². The van der Waals surface area contributed by atoms with Crippen LogP contribution in [0.3, 0.4) is 0 Å². The molecule has 1 amide bonds. The van der Waals surface area contributed by atoms with E-state index < -0.39 is 10.0 Å². The molecule has 1 aliphatic rings. The van der Waals surface area contributed by atoms with E-state index in [2.05, 4.69) is 15.0 Å². The summed E-state index contributed by atoms with van der Waals surface area (Å²) in [4.78, 5) is 16.8. The highest BCUT2D eigenvalue weighted by atomic mass is 32.2. The van der Waals surface area contributed by atoms with Gasteiger partial charge in [0.25, 0.3) is 5.91 Å². The lowest BCUT2D eigenvalue weighted by molar-refractivity contribution is 0.0946. The fourth-order valence-electron chi connectivity index (χ4n) is 2.68. The van der Waals surface area contributed by atoms with E-state index in [-0.39, 0.29) is 34.9 Å². The monoisotopic (exact) mass is 431 g/mol. The van der Waals surface area contributed by atoms with Crippen LogP contribution in [0.4, 0.5) is 4.39 Å². The van der Waals surface area contributed by atoms with Gasteiger partial charge >= 0.3 is 0 Å². The van der Waals surface area contributed by atoms with E-state index in [4.69, 9.17) is 0 Å². The number of amides is 1. The minimum atomic E-state index is -3.49. The van der Waals surface area contributed by atoms with Gasteiger partial charge in [0.05, 0.1) is 4.90 Å². The average Bonchev–Trinajstić information content (AvgIpc) is 3.37. The van der Waals surface area contributed by atoms with Crippen molar-refractivity contribution in [3.05, 3.63) is 71.0 Å². The molecule has 1 aliphatic carbocycles. The van der Waals surface area contributed by atoms with Gasteiger partial charge in [-0.25, -0.2) is 22.5 Å². The maximum absolute atomic E-state index is 13.9. The number of sulfonamides is 1. The van der Waals surface area contributed by atoms with Gasteiger partial charge < -0.3 is 5.32 Å². The van der Waals surface area contributed by atoms with Crippen molar-refractivity contribution in [3.63, 3.8) is 0 Å². The fraction of sp³-hybridized carbons (Fsp3) is 0.200. The van der Waals surface area contributed by atoms with E-state index >= 15 is 0 Å². The first kappa shape index (κ1) is 19.7. The van der Waals surface area contributed by atoms with E-state index in [0.717, 1.165) is 18.4 Å². The molecule has 0 radical (unpaired) electrons. The lowest BCUT2D eigenvalue weighted by Crippen LogP contribution is -2.26. The Labute approximate surface area is 171 Å². The van der Waals surface area contributed by atoms with E-state index in [0.29, 0.717) is 10.6 Å². The van der Waals surface area contributed by atoms with E-state index in [1.54, 1.807) is 35.7 Å². The summed E-state index contributed by atoms with van der Waals surface area (Å²) in [7, 11) is -3.49. The predicted molar refractivity (Wildman–Crippen MR) is 108 cm³/mol. The van der Waals surface area contributed by atoms with Gasteiger partial charge in [0.15, 0.2) is 0 Å². The zero-order valence-corrected chi connectivity index (χ0v) is 16.9. The van der Waals surface area contributed by atoms with Crippen LogP contribution in [0.5, 0.6) is 0 Å². The number of aromatic nitrogens is 1. The molecule has 3 aromatic rings. The first-order chi connectivity index (χ1) is 13.9. The molecule has 29 heavy (non-hydrogen) atoms. The average molecular weight is 432 g/mol. The van der Waals surface area contributed by atoms with Crippen LogP contribution in [-0.2, 0) is 16.6 Å².